The number of amides is 1. The average molecular weight is 393 g/mol. The number of para-hydroxylation sites is 1. The lowest BCUT2D eigenvalue weighted by molar-refractivity contribution is -0.384. The Kier molecular flexibility index (Phi) is 6.85. The van der Waals surface area contributed by atoms with Gasteiger partial charge in [0.25, 0.3) is 21.6 Å². The van der Waals surface area contributed by atoms with E-state index in [-0.39, 0.29) is 21.8 Å². The number of ether oxygens (including phenoxy) is 1. The number of sulfonamides is 1. The van der Waals surface area contributed by atoms with E-state index in [2.05, 4.69) is 10.0 Å². The molecule has 2 aromatic carbocycles. The van der Waals surface area contributed by atoms with Crippen LogP contribution in [0.3, 0.4) is 0 Å². The van der Waals surface area contributed by atoms with Gasteiger partial charge in [0.15, 0.2) is 0 Å². The SMILES string of the molecule is COCCCNC(=O)c1ccccc1NS(=O)(=O)c1ccc([N+](=O)[O-])cc1. The van der Waals surface area contributed by atoms with Crippen LogP contribution in [0.4, 0.5) is 11.4 Å². The van der Waals surface area contributed by atoms with Gasteiger partial charge in [-0.05, 0) is 30.7 Å². The van der Waals surface area contributed by atoms with E-state index in [9.17, 15) is 23.3 Å². The Morgan fingerprint density at radius 1 is 1.15 bits per heavy atom. The van der Waals surface area contributed by atoms with Crippen molar-refractivity contribution in [3.05, 3.63) is 64.2 Å². The molecule has 0 atom stereocenters. The van der Waals surface area contributed by atoms with Crippen molar-refractivity contribution in [3.8, 4) is 0 Å². The molecule has 0 unspecified atom stereocenters. The minimum Gasteiger partial charge on any atom is -0.385 e. The van der Waals surface area contributed by atoms with Gasteiger partial charge in [-0.25, -0.2) is 8.42 Å². The van der Waals surface area contributed by atoms with Crippen molar-refractivity contribution in [3.63, 3.8) is 0 Å². The summed E-state index contributed by atoms with van der Waals surface area (Å²) in [4.78, 5) is 22.2. The fourth-order valence-electron chi connectivity index (χ4n) is 2.23. The summed E-state index contributed by atoms with van der Waals surface area (Å²) < 4.78 is 32.3. The maximum atomic E-state index is 12.5. The Morgan fingerprint density at radius 3 is 2.44 bits per heavy atom. The number of non-ortho nitro benzene ring substituents is 1. The van der Waals surface area contributed by atoms with Crippen LogP contribution < -0.4 is 10.0 Å². The van der Waals surface area contributed by atoms with E-state index >= 15 is 0 Å². The third-order valence-electron chi connectivity index (χ3n) is 3.58. The first-order valence-corrected chi connectivity index (χ1v) is 9.47. The molecule has 0 saturated heterocycles. The minimum absolute atomic E-state index is 0.111. The highest BCUT2D eigenvalue weighted by molar-refractivity contribution is 7.92. The van der Waals surface area contributed by atoms with E-state index < -0.39 is 20.9 Å². The van der Waals surface area contributed by atoms with E-state index in [0.29, 0.717) is 19.6 Å². The van der Waals surface area contributed by atoms with Crippen molar-refractivity contribution < 1.29 is 22.9 Å². The van der Waals surface area contributed by atoms with Gasteiger partial charge in [-0.3, -0.25) is 19.6 Å². The van der Waals surface area contributed by atoms with E-state index in [1.165, 1.54) is 12.1 Å². The van der Waals surface area contributed by atoms with Crippen molar-refractivity contribution in [2.24, 2.45) is 0 Å². The van der Waals surface area contributed by atoms with Crippen LogP contribution in [0.2, 0.25) is 0 Å². The summed E-state index contributed by atoms with van der Waals surface area (Å²) in [6, 6.07) is 10.6. The molecule has 0 fully saturated rings. The molecule has 0 saturated carbocycles. The Morgan fingerprint density at radius 2 is 1.81 bits per heavy atom. The van der Waals surface area contributed by atoms with Crippen molar-refractivity contribution in [2.45, 2.75) is 11.3 Å². The molecule has 27 heavy (non-hydrogen) atoms. The molecular weight excluding hydrogens is 374 g/mol. The van der Waals surface area contributed by atoms with E-state index in [1.807, 2.05) is 0 Å². The molecule has 2 rings (SSSR count). The highest BCUT2D eigenvalue weighted by Crippen LogP contribution is 2.22. The Labute approximate surface area is 156 Å². The number of carbonyl (C=O) groups excluding carboxylic acids is 1. The summed E-state index contributed by atoms with van der Waals surface area (Å²) in [5.74, 6) is -0.423. The zero-order valence-electron chi connectivity index (χ0n) is 14.5. The standard InChI is InChI=1S/C17H19N3O6S/c1-26-12-4-11-18-17(21)15-5-2-3-6-16(15)19-27(24,25)14-9-7-13(8-10-14)20(22)23/h2-3,5-10,19H,4,11-12H2,1H3,(H,18,21). The molecule has 0 aliphatic carbocycles. The molecule has 144 valence electrons. The lowest BCUT2D eigenvalue weighted by atomic mass is 10.1. The lowest BCUT2D eigenvalue weighted by Gasteiger charge is -2.12. The number of benzene rings is 2. The largest absolute Gasteiger partial charge is 0.385 e. The van der Waals surface area contributed by atoms with Gasteiger partial charge in [-0.1, -0.05) is 12.1 Å². The maximum Gasteiger partial charge on any atom is 0.269 e. The van der Waals surface area contributed by atoms with Crippen LogP contribution in [0.1, 0.15) is 16.8 Å². The summed E-state index contributed by atoms with van der Waals surface area (Å²) in [6.45, 7) is 0.880. The van der Waals surface area contributed by atoms with Crippen LogP contribution in [0.5, 0.6) is 0 Å². The zero-order valence-corrected chi connectivity index (χ0v) is 15.4. The number of nitro groups is 1. The van der Waals surface area contributed by atoms with Gasteiger partial charge < -0.3 is 10.1 Å². The molecule has 9 nitrogen and oxygen atoms in total. The predicted molar refractivity (Wildman–Crippen MR) is 99.2 cm³/mol. The summed E-state index contributed by atoms with van der Waals surface area (Å²) in [6.07, 6.45) is 0.624. The summed E-state index contributed by atoms with van der Waals surface area (Å²) in [5.41, 5.74) is 0.0604. The topological polar surface area (TPSA) is 128 Å². The molecule has 0 heterocycles. The van der Waals surface area contributed by atoms with Gasteiger partial charge in [0.05, 0.1) is 21.1 Å². The van der Waals surface area contributed by atoms with Gasteiger partial charge in [0.2, 0.25) is 0 Å². The van der Waals surface area contributed by atoms with Crippen LogP contribution >= 0.6 is 0 Å². The maximum absolute atomic E-state index is 12.5. The molecule has 0 radical (unpaired) electrons. The normalized spacial score (nSPS) is 11.0. The predicted octanol–water partition coefficient (Wildman–Crippen LogP) is 2.16. The molecule has 0 aliphatic rings. The second-order valence-electron chi connectivity index (χ2n) is 5.50. The van der Waals surface area contributed by atoms with Crippen LogP contribution in [0.25, 0.3) is 0 Å². The molecule has 0 aliphatic heterocycles. The Bertz CT molecular complexity index is 913. The number of hydrogen-bond donors (Lipinski definition) is 2. The molecular formula is C17H19N3O6S. The molecule has 2 aromatic rings. The van der Waals surface area contributed by atoms with E-state index in [1.54, 1.807) is 19.2 Å². The lowest BCUT2D eigenvalue weighted by Crippen LogP contribution is -2.26. The zero-order chi connectivity index (χ0) is 19.9. The van der Waals surface area contributed by atoms with E-state index in [4.69, 9.17) is 4.74 Å². The smallest absolute Gasteiger partial charge is 0.269 e. The third-order valence-corrected chi connectivity index (χ3v) is 4.97. The van der Waals surface area contributed by atoms with Crippen LogP contribution in [0.15, 0.2) is 53.4 Å². The first kappa shape index (κ1) is 20.3. The summed E-state index contributed by atoms with van der Waals surface area (Å²) in [5, 5.41) is 13.4. The monoisotopic (exact) mass is 393 g/mol. The second kappa shape index (κ2) is 9.10. The Balaban J connectivity index is 2.18. The van der Waals surface area contributed by atoms with Crippen LogP contribution in [-0.2, 0) is 14.8 Å². The van der Waals surface area contributed by atoms with Crippen LogP contribution in [0, 0.1) is 10.1 Å². The number of nitrogens with one attached hydrogen (secondary N) is 2. The van der Waals surface area contributed by atoms with Gasteiger partial charge >= 0.3 is 0 Å². The van der Waals surface area contributed by atoms with Crippen molar-refractivity contribution in [2.75, 3.05) is 25.0 Å². The minimum atomic E-state index is -4.01. The number of hydrogen-bond acceptors (Lipinski definition) is 6. The highest BCUT2D eigenvalue weighted by atomic mass is 32.2. The van der Waals surface area contributed by atoms with Gasteiger partial charge in [0, 0.05) is 32.4 Å². The number of carbonyl (C=O) groups is 1. The van der Waals surface area contributed by atoms with Gasteiger partial charge in [0.1, 0.15) is 0 Å². The van der Waals surface area contributed by atoms with E-state index in [0.717, 1.165) is 24.3 Å². The van der Waals surface area contributed by atoms with Crippen molar-refractivity contribution in [1.82, 2.24) is 5.32 Å². The Hall–Kier alpha value is -2.98. The van der Waals surface area contributed by atoms with Gasteiger partial charge in [-0.15, -0.1) is 0 Å². The third kappa shape index (κ3) is 5.50. The molecule has 0 aromatic heterocycles. The molecule has 2 N–H and O–H groups in total. The fourth-order valence-corrected chi connectivity index (χ4v) is 3.31. The number of nitro benzene ring substituents is 1. The second-order valence-corrected chi connectivity index (χ2v) is 7.19. The fraction of sp³-hybridized carbons (Fsp3) is 0.235. The number of rotatable bonds is 9. The molecule has 0 spiro atoms. The molecule has 10 heteroatoms. The molecule has 1 amide bonds. The summed E-state index contributed by atoms with van der Waals surface area (Å²) in [7, 11) is -2.45. The average Bonchev–Trinajstić information content (AvgIpc) is 2.65. The summed E-state index contributed by atoms with van der Waals surface area (Å²) >= 11 is 0. The number of methoxy groups -OCH3 is 1. The first-order valence-electron chi connectivity index (χ1n) is 7.98. The first-order chi connectivity index (χ1) is 12.8. The van der Waals surface area contributed by atoms with Gasteiger partial charge in [-0.2, -0.15) is 0 Å². The van der Waals surface area contributed by atoms with Crippen molar-refractivity contribution in [1.29, 1.82) is 0 Å². The van der Waals surface area contributed by atoms with Crippen LogP contribution in [-0.4, -0.2) is 39.5 Å². The highest BCUT2D eigenvalue weighted by Gasteiger charge is 2.19. The number of anilines is 1. The number of nitrogens with zero attached hydrogens (tertiary/aromatic N) is 1. The molecule has 0 bridgehead atoms. The van der Waals surface area contributed by atoms with Crippen molar-refractivity contribution >= 4 is 27.3 Å². The quantitative estimate of drug-likeness (QED) is 0.382.